The highest BCUT2D eigenvalue weighted by atomic mass is 32.2. The zero-order chi connectivity index (χ0) is 16.7. The summed E-state index contributed by atoms with van der Waals surface area (Å²) < 4.78 is 0. The van der Waals surface area contributed by atoms with Gasteiger partial charge < -0.3 is 10.2 Å². The van der Waals surface area contributed by atoms with Gasteiger partial charge in [0.15, 0.2) is 11.6 Å². The van der Waals surface area contributed by atoms with Gasteiger partial charge in [-0.2, -0.15) is 0 Å². The predicted molar refractivity (Wildman–Crippen MR) is 79.0 cm³/mol. The van der Waals surface area contributed by atoms with E-state index in [9.17, 15) is 19.2 Å². The van der Waals surface area contributed by atoms with Crippen LogP contribution in [0.1, 0.15) is 34.1 Å². The molecule has 0 rings (SSSR count). The summed E-state index contributed by atoms with van der Waals surface area (Å²) in [5.41, 5.74) is 0. The molecular weight excluding hydrogens is 284 g/mol. The maximum Gasteiger partial charge on any atom is 0.316 e. The van der Waals surface area contributed by atoms with Crippen molar-refractivity contribution in [1.82, 2.24) is 0 Å². The van der Waals surface area contributed by atoms with Gasteiger partial charge in [0.05, 0.1) is 5.25 Å². The first-order valence-corrected chi connectivity index (χ1v) is 6.83. The van der Waals surface area contributed by atoms with E-state index >= 15 is 0 Å². The number of carbonyl (C=O) groups excluding carboxylic acids is 2. The van der Waals surface area contributed by atoms with Crippen molar-refractivity contribution in [3.63, 3.8) is 0 Å². The van der Waals surface area contributed by atoms with Crippen LogP contribution in [0.5, 0.6) is 0 Å². The van der Waals surface area contributed by atoms with Crippen molar-refractivity contribution in [3.05, 3.63) is 12.7 Å². The average molecular weight is 306 g/mol. The number of ketones is 2. The first-order chi connectivity index (χ1) is 9.09. The van der Waals surface area contributed by atoms with Gasteiger partial charge >= 0.3 is 11.9 Å². The predicted octanol–water partition coefficient (Wildman–Crippen LogP) is 2.02. The number of hydrogen-bond acceptors (Lipinski definition) is 5. The van der Waals surface area contributed by atoms with Crippen LogP contribution >= 0.6 is 11.8 Å². The minimum atomic E-state index is -0.762. The standard InChI is InChI=1S/C6H10O2S.C4H6O2.C3H6O2/c1-3-4-9-5(2)6(7)8;1-3(5)4(2)6;1-2-3(4)5/h3,5H,1,4H2,2H3,(H,7,8);1-2H3;2H2,1H3,(H,4,5). The summed E-state index contributed by atoms with van der Waals surface area (Å²) in [4.78, 5) is 39.1. The van der Waals surface area contributed by atoms with Crippen molar-refractivity contribution < 1.29 is 29.4 Å². The number of Topliss-reactive ketones (excluding diaryl/α,β-unsaturated/α-hetero) is 2. The highest BCUT2D eigenvalue weighted by Gasteiger charge is 2.08. The highest BCUT2D eigenvalue weighted by Crippen LogP contribution is 2.09. The molecule has 0 aliphatic carbocycles. The minimum absolute atomic E-state index is 0.222. The molecule has 0 saturated carbocycles. The van der Waals surface area contributed by atoms with Gasteiger partial charge in [0.25, 0.3) is 0 Å². The Morgan fingerprint density at radius 3 is 1.65 bits per heavy atom. The molecule has 0 aliphatic rings. The molecule has 0 aliphatic heterocycles. The van der Waals surface area contributed by atoms with Crippen LogP contribution < -0.4 is 0 Å². The number of carboxylic acid groups (broad SMARTS) is 2. The van der Waals surface area contributed by atoms with Gasteiger partial charge in [0.1, 0.15) is 0 Å². The van der Waals surface area contributed by atoms with Crippen LogP contribution in [0.2, 0.25) is 0 Å². The van der Waals surface area contributed by atoms with E-state index in [0.717, 1.165) is 0 Å². The van der Waals surface area contributed by atoms with Crippen molar-refractivity contribution in [3.8, 4) is 0 Å². The first-order valence-electron chi connectivity index (χ1n) is 5.78. The van der Waals surface area contributed by atoms with Crippen LogP contribution in [0.3, 0.4) is 0 Å². The summed E-state index contributed by atoms with van der Waals surface area (Å²) in [6, 6.07) is 0. The van der Waals surface area contributed by atoms with Crippen molar-refractivity contribution in [2.75, 3.05) is 5.75 Å². The molecular formula is C13H22O6S. The Morgan fingerprint density at radius 1 is 1.15 bits per heavy atom. The molecule has 0 radical (unpaired) electrons. The van der Waals surface area contributed by atoms with Crippen LogP contribution in [0.4, 0.5) is 0 Å². The molecule has 0 heterocycles. The normalized spacial score (nSPS) is 9.80. The minimum Gasteiger partial charge on any atom is -0.481 e. The lowest BCUT2D eigenvalue weighted by molar-refractivity contribution is -0.137. The van der Waals surface area contributed by atoms with E-state index in [1.807, 2.05) is 0 Å². The molecule has 2 N–H and O–H groups in total. The third-order valence-corrected chi connectivity index (χ3v) is 2.74. The summed E-state index contributed by atoms with van der Waals surface area (Å²) in [6.07, 6.45) is 1.92. The Hall–Kier alpha value is -1.63. The van der Waals surface area contributed by atoms with E-state index < -0.39 is 11.9 Å². The van der Waals surface area contributed by atoms with E-state index in [4.69, 9.17) is 10.2 Å². The van der Waals surface area contributed by atoms with Gasteiger partial charge in [-0.1, -0.05) is 13.0 Å². The second kappa shape index (κ2) is 15.4. The maximum absolute atomic E-state index is 10.2. The fourth-order valence-corrected chi connectivity index (χ4v) is 0.851. The Morgan fingerprint density at radius 2 is 1.50 bits per heavy atom. The zero-order valence-corrected chi connectivity index (χ0v) is 13.0. The number of carboxylic acids is 2. The van der Waals surface area contributed by atoms with Gasteiger partial charge in [0, 0.05) is 26.0 Å². The lowest BCUT2D eigenvalue weighted by Crippen LogP contribution is -2.11. The van der Waals surface area contributed by atoms with E-state index in [2.05, 4.69) is 6.58 Å². The lowest BCUT2D eigenvalue weighted by atomic mass is 10.3. The van der Waals surface area contributed by atoms with Crippen LogP contribution in [-0.4, -0.2) is 44.7 Å². The third kappa shape index (κ3) is 25.3. The number of aliphatic carboxylic acids is 2. The summed E-state index contributed by atoms with van der Waals surface area (Å²) in [7, 11) is 0. The van der Waals surface area contributed by atoms with Gasteiger partial charge in [-0.25, -0.2) is 0 Å². The number of carbonyl (C=O) groups is 4. The molecule has 0 fully saturated rings. The fraction of sp³-hybridized carbons (Fsp3) is 0.538. The summed E-state index contributed by atoms with van der Waals surface area (Å²) in [5, 5.41) is 15.8. The van der Waals surface area contributed by atoms with E-state index in [0.29, 0.717) is 5.75 Å². The fourth-order valence-electron chi connectivity index (χ4n) is 0.284. The van der Waals surface area contributed by atoms with Crippen LogP contribution in [-0.2, 0) is 19.2 Å². The molecule has 116 valence electrons. The molecule has 7 heteroatoms. The molecule has 0 bridgehead atoms. The van der Waals surface area contributed by atoms with Gasteiger partial charge in [-0.3, -0.25) is 19.2 Å². The molecule has 20 heavy (non-hydrogen) atoms. The SMILES string of the molecule is C=CCSC(C)C(=O)O.CC(=O)C(C)=O.CCC(=O)O. The molecule has 0 aromatic heterocycles. The van der Waals surface area contributed by atoms with Crippen molar-refractivity contribution in [2.24, 2.45) is 0 Å². The summed E-state index contributed by atoms with van der Waals surface area (Å²) >= 11 is 1.37. The molecule has 0 aromatic carbocycles. The largest absolute Gasteiger partial charge is 0.481 e. The molecule has 0 saturated heterocycles. The van der Waals surface area contributed by atoms with Crippen molar-refractivity contribution in [1.29, 1.82) is 0 Å². The average Bonchev–Trinajstić information content (AvgIpc) is 2.36. The van der Waals surface area contributed by atoms with Crippen LogP contribution in [0.25, 0.3) is 0 Å². The smallest absolute Gasteiger partial charge is 0.316 e. The summed E-state index contributed by atoms with van der Waals surface area (Å²) in [6.45, 7) is 9.25. The first kappa shape index (κ1) is 23.5. The molecule has 0 spiro atoms. The van der Waals surface area contributed by atoms with Crippen LogP contribution in [0.15, 0.2) is 12.7 Å². The Labute approximate surface area is 123 Å². The highest BCUT2D eigenvalue weighted by molar-refractivity contribution is 8.00. The molecule has 6 nitrogen and oxygen atoms in total. The maximum atomic E-state index is 10.2. The van der Waals surface area contributed by atoms with Gasteiger partial charge in [0.2, 0.25) is 0 Å². The van der Waals surface area contributed by atoms with Crippen molar-refractivity contribution >= 4 is 35.3 Å². The monoisotopic (exact) mass is 306 g/mol. The molecule has 0 amide bonds. The third-order valence-electron chi connectivity index (χ3n) is 1.61. The Balaban J connectivity index is -0.000000230. The number of rotatable bonds is 6. The molecule has 0 aromatic rings. The molecule has 1 atom stereocenters. The quantitative estimate of drug-likeness (QED) is 0.570. The second-order valence-corrected chi connectivity index (χ2v) is 4.84. The molecule has 1 unspecified atom stereocenters. The van der Waals surface area contributed by atoms with E-state index in [1.165, 1.54) is 25.6 Å². The van der Waals surface area contributed by atoms with Gasteiger partial charge in [-0.05, 0) is 6.92 Å². The lowest BCUT2D eigenvalue weighted by Gasteiger charge is -2.00. The Bertz CT molecular complexity index is 326. The van der Waals surface area contributed by atoms with E-state index in [-0.39, 0.29) is 23.2 Å². The Kier molecular flexibility index (Phi) is 18.1. The summed E-state index contributed by atoms with van der Waals surface area (Å²) in [5.74, 6) is -1.56. The number of hydrogen-bond donors (Lipinski definition) is 2. The van der Waals surface area contributed by atoms with Crippen LogP contribution in [0, 0.1) is 0 Å². The van der Waals surface area contributed by atoms with Gasteiger partial charge in [-0.15, -0.1) is 18.3 Å². The topological polar surface area (TPSA) is 109 Å². The van der Waals surface area contributed by atoms with Crippen molar-refractivity contribution in [2.45, 2.75) is 39.4 Å². The zero-order valence-electron chi connectivity index (χ0n) is 12.2. The number of thioether (sulfide) groups is 1. The second-order valence-electron chi connectivity index (χ2n) is 3.46. The van der Waals surface area contributed by atoms with E-state index in [1.54, 1.807) is 19.9 Å².